The van der Waals surface area contributed by atoms with Gasteiger partial charge in [0.1, 0.15) is 0 Å². The van der Waals surface area contributed by atoms with Gasteiger partial charge in [-0.25, -0.2) is 0 Å². The maximum absolute atomic E-state index is 12.8. The second kappa shape index (κ2) is 9.61. The van der Waals surface area contributed by atoms with Gasteiger partial charge in [0, 0.05) is 50.4 Å². The number of likely N-dealkylation sites (tertiary alicyclic amines) is 2. The Kier molecular flexibility index (Phi) is 6.91. The Morgan fingerprint density at radius 2 is 1.79 bits per heavy atom. The molecule has 3 aliphatic heterocycles. The van der Waals surface area contributed by atoms with Crippen LogP contribution in [0.1, 0.15) is 55.9 Å². The molecule has 0 spiro atoms. The van der Waals surface area contributed by atoms with Gasteiger partial charge in [-0.05, 0) is 74.0 Å². The second-order valence-corrected chi connectivity index (χ2v) is 10.3. The van der Waals surface area contributed by atoms with Gasteiger partial charge in [0.05, 0.1) is 0 Å². The third-order valence-corrected chi connectivity index (χ3v) is 8.00. The molecule has 29 heavy (non-hydrogen) atoms. The van der Waals surface area contributed by atoms with Crippen molar-refractivity contribution in [1.82, 2.24) is 14.7 Å². The summed E-state index contributed by atoms with van der Waals surface area (Å²) >= 11 is 1.79. The van der Waals surface area contributed by atoms with Crippen LogP contribution in [0.2, 0.25) is 0 Å². The van der Waals surface area contributed by atoms with Crippen molar-refractivity contribution in [2.24, 2.45) is 11.8 Å². The summed E-state index contributed by atoms with van der Waals surface area (Å²) in [7, 11) is 0. The molecule has 2 saturated heterocycles. The molecular formula is C23H35N3O2S. The highest BCUT2D eigenvalue weighted by Gasteiger charge is 2.27. The van der Waals surface area contributed by atoms with Crippen LogP contribution in [0.25, 0.3) is 0 Å². The number of rotatable bonds is 5. The van der Waals surface area contributed by atoms with Gasteiger partial charge in [-0.1, -0.05) is 6.92 Å². The number of carbonyl (C=O) groups excluding carboxylic acids is 2. The molecule has 2 amide bonds. The number of amides is 2. The lowest BCUT2D eigenvalue weighted by atomic mass is 9.94. The van der Waals surface area contributed by atoms with E-state index in [2.05, 4.69) is 23.3 Å². The highest BCUT2D eigenvalue weighted by atomic mass is 32.1. The fourth-order valence-electron chi connectivity index (χ4n) is 5.04. The van der Waals surface area contributed by atoms with Gasteiger partial charge < -0.3 is 14.7 Å². The maximum Gasteiger partial charge on any atom is 0.223 e. The molecule has 2 fully saturated rings. The van der Waals surface area contributed by atoms with Gasteiger partial charge in [-0.3, -0.25) is 9.59 Å². The first-order chi connectivity index (χ1) is 14.1. The van der Waals surface area contributed by atoms with E-state index in [0.717, 1.165) is 44.9 Å². The predicted molar refractivity (Wildman–Crippen MR) is 117 cm³/mol. The average molecular weight is 418 g/mol. The summed E-state index contributed by atoms with van der Waals surface area (Å²) in [5.74, 6) is 1.75. The normalized spacial score (nSPS) is 23.8. The molecule has 1 atom stereocenters. The van der Waals surface area contributed by atoms with Crippen molar-refractivity contribution >= 4 is 23.2 Å². The van der Waals surface area contributed by atoms with Crippen LogP contribution in [0.15, 0.2) is 11.4 Å². The SMILES string of the molecule is CC1CCN(CC2CCCN(C(=O)CCC(=O)N3CCc4sccc4C3)C2)CC1. The first-order valence-corrected chi connectivity index (χ1v) is 12.3. The summed E-state index contributed by atoms with van der Waals surface area (Å²) in [6.07, 6.45) is 6.61. The van der Waals surface area contributed by atoms with Crippen molar-refractivity contribution in [3.05, 3.63) is 21.9 Å². The molecule has 0 N–H and O–H groups in total. The van der Waals surface area contributed by atoms with Crippen molar-refractivity contribution in [2.75, 3.05) is 39.3 Å². The molecule has 0 aliphatic carbocycles. The molecule has 5 nitrogen and oxygen atoms in total. The van der Waals surface area contributed by atoms with Crippen molar-refractivity contribution in [2.45, 2.75) is 58.4 Å². The topological polar surface area (TPSA) is 43.9 Å². The summed E-state index contributed by atoms with van der Waals surface area (Å²) in [5, 5.41) is 2.11. The van der Waals surface area contributed by atoms with E-state index in [0.29, 0.717) is 25.3 Å². The molecule has 4 rings (SSSR count). The van der Waals surface area contributed by atoms with Crippen LogP contribution in [0.5, 0.6) is 0 Å². The summed E-state index contributed by atoms with van der Waals surface area (Å²) in [4.78, 5) is 33.4. The van der Waals surface area contributed by atoms with E-state index < -0.39 is 0 Å². The molecule has 4 heterocycles. The Labute approximate surface area is 179 Å². The van der Waals surface area contributed by atoms with E-state index in [9.17, 15) is 9.59 Å². The van der Waals surface area contributed by atoms with E-state index >= 15 is 0 Å². The van der Waals surface area contributed by atoms with E-state index in [1.54, 1.807) is 11.3 Å². The van der Waals surface area contributed by atoms with Crippen LogP contribution in [-0.2, 0) is 22.6 Å². The Morgan fingerprint density at radius 3 is 2.59 bits per heavy atom. The Balaban J connectivity index is 1.20. The minimum absolute atomic E-state index is 0.131. The van der Waals surface area contributed by atoms with Gasteiger partial charge in [-0.15, -0.1) is 11.3 Å². The molecule has 0 radical (unpaired) electrons. The van der Waals surface area contributed by atoms with Crippen LogP contribution < -0.4 is 0 Å². The molecular weight excluding hydrogens is 382 g/mol. The zero-order chi connectivity index (χ0) is 20.2. The lowest BCUT2D eigenvalue weighted by Crippen LogP contribution is -2.45. The van der Waals surface area contributed by atoms with Crippen LogP contribution in [0.4, 0.5) is 0 Å². The number of fused-ring (bicyclic) bond motifs is 1. The quantitative estimate of drug-likeness (QED) is 0.738. The number of carbonyl (C=O) groups is 2. The van der Waals surface area contributed by atoms with Crippen molar-refractivity contribution in [1.29, 1.82) is 0 Å². The Hall–Kier alpha value is -1.40. The summed E-state index contributed by atoms with van der Waals surface area (Å²) < 4.78 is 0. The van der Waals surface area contributed by atoms with Crippen molar-refractivity contribution in [3.8, 4) is 0 Å². The zero-order valence-corrected chi connectivity index (χ0v) is 18.6. The second-order valence-electron chi connectivity index (χ2n) is 9.27. The van der Waals surface area contributed by atoms with Crippen LogP contribution in [0.3, 0.4) is 0 Å². The predicted octanol–water partition coefficient (Wildman–Crippen LogP) is 3.38. The summed E-state index contributed by atoms with van der Waals surface area (Å²) in [5.41, 5.74) is 1.28. The molecule has 0 saturated carbocycles. The highest BCUT2D eigenvalue weighted by molar-refractivity contribution is 7.10. The number of hydrogen-bond acceptors (Lipinski definition) is 4. The van der Waals surface area contributed by atoms with Crippen LogP contribution in [-0.4, -0.2) is 65.8 Å². The van der Waals surface area contributed by atoms with E-state index in [-0.39, 0.29) is 11.8 Å². The number of piperidine rings is 2. The minimum atomic E-state index is 0.131. The lowest BCUT2D eigenvalue weighted by molar-refractivity contribution is -0.138. The fraction of sp³-hybridized carbons (Fsp3) is 0.739. The smallest absolute Gasteiger partial charge is 0.223 e. The maximum atomic E-state index is 12.8. The van der Waals surface area contributed by atoms with Gasteiger partial charge >= 0.3 is 0 Å². The van der Waals surface area contributed by atoms with Crippen LogP contribution >= 0.6 is 11.3 Å². The summed E-state index contributed by atoms with van der Waals surface area (Å²) in [6, 6.07) is 2.13. The molecule has 1 aromatic heterocycles. The molecule has 6 heteroatoms. The van der Waals surface area contributed by atoms with Gasteiger partial charge in [0.15, 0.2) is 0 Å². The van der Waals surface area contributed by atoms with E-state index in [1.807, 2.05) is 9.80 Å². The third-order valence-electron chi connectivity index (χ3n) is 6.98. The average Bonchev–Trinajstić information content (AvgIpc) is 3.21. The molecule has 3 aliphatic rings. The number of thiophene rings is 1. The Bertz CT molecular complexity index is 711. The minimum Gasteiger partial charge on any atom is -0.342 e. The molecule has 160 valence electrons. The van der Waals surface area contributed by atoms with Crippen molar-refractivity contribution < 1.29 is 9.59 Å². The first kappa shape index (κ1) is 20.9. The van der Waals surface area contributed by atoms with E-state index in [1.165, 1.54) is 42.8 Å². The molecule has 1 unspecified atom stereocenters. The number of nitrogens with zero attached hydrogens (tertiary/aromatic N) is 3. The summed E-state index contributed by atoms with van der Waals surface area (Å²) in [6.45, 7) is 9.15. The Morgan fingerprint density at radius 1 is 1.03 bits per heavy atom. The third kappa shape index (κ3) is 5.40. The molecule has 1 aromatic rings. The standard InChI is InChI=1S/C23H35N3O2S/c1-18-6-11-24(12-7-18)15-19-3-2-10-25(16-19)22(27)4-5-23(28)26-13-8-21-20(17-26)9-14-29-21/h9,14,18-19H,2-8,10-13,15-17H2,1H3. The molecule has 0 bridgehead atoms. The highest BCUT2D eigenvalue weighted by Crippen LogP contribution is 2.25. The van der Waals surface area contributed by atoms with Crippen molar-refractivity contribution in [3.63, 3.8) is 0 Å². The fourth-order valence-corrected chi connectivity index (χ4v) is 5.93. The largest absolute Gasteiger partial charge is 0.342 e. The monoisotopic (exact) mass is 417 g/mol. The first-order valence-electron chi connectivity index (χ1n) is 11.4. The van der Waals surface area contributed by atoms with Gasteiger partial charge in [0.25, 0.3) is 0 Å². The van der Waals surface area contributed by atoms with E-state index in [4.69, 9.17) is 0 Å². The van der Waals surface area contributed by atoms with Crippen LogP contribution in [0, 0.1) is 11.8 Å². The lowest BCUT2D eigenvalue weighted by Gasteiger charge is -2.38. The molecule has 0 aromatic carbocycles. The van der Waals surface area contributed by atoms with Gasteiger partial charge in [0.2, 0.25) is 11.8 Å². The zero-order valence-electron chi connectivity index (χ0n) is 17.8. The van der Waals surface area contributed by atoms with Gasteiger partial charge in [-0.2, -0.15) is 0 Å². The number of hydrogen-bond donors (Lipinski definition) is 0.